The number of nitrogens with one attached hydrogen (secondary N) is 1. The lowest BCUT2D eigenvalue weighted by Crippen LogP contribution is -2.31. The molecule has 0 atom stereocenters. The highest BCUT2D eigenvalue weighted by Crippen LogP contribution is 2.22. The van der Waals surface area contributed by atoms with Crippen molar-refractivity contribution in [3.8, 4) is 12.3 Å². The fourth-order valence-electron chi connectivity index (χ4n) is 2.35. The lowest BCUT2D eigenvalue weighted by Gasteiger charge is -2.19. The monoisotopic (exact) mass is 358 g/mol. The molecule has 0 unspecified atom stereocenters. The topological polar surface area (TPSA) is 79.6 Å². The van der Waals surface area contributed by atoms with Crippen LogP contribution in [0.2, 0.25) is 0 Å². The molecule has 6 nitrogen and oxygen atoms in total. The molecule has 1 saturated carbocycles. The first-order valence-electron chi connectivity index (χ1n) is 7.87. The summed E-state index contributed by atoms with van der Waals surface area (Å²) in [6, 6.07) is 9.38. The molecular formula is C18H18N2O4S. The van der Waals surface area contributed by atoms with Gasteiger partial charge in [-0.15, -0.1) is 6.42 Å². The Bertz CT molecular complexity index is 876. The van der Waals surface area contributed by atoms with Crippen LogP contribution in [0.25, 0.3) is 0 Å². The number of sulfonamides is 1. The Balaban J connectivity index is 1.75. The van der Waals surface area contributed by atoms with E-state index in [4.69, 9.17) is 10.8 Å². The standard InChI is InChI=1S/C18H18N2O4S/c1-2-11-20(13-16-4-3-12-24-16)18(21)14-5-9-17(10-6-14)25(22,23)19-15-7-8-15/h1,3-6,9-10,12,15,19H,7-8,11,13H2. The number of nitrogens with zero attached hydrogens (tertiary/aromatic N) is 1. The summed E-state index contributed by atoms with van der Waals surface area (Å²) in [5.74, 6) is 2.79. The van der Waals surface area contributed by atoms with Crippen LogP contribution < -0.4 is 4.72 Å². The molecule has 0 radical (unpaired) electrons. The third-order valence-corrected chi connectivity index (χ3v) is 5.34. The number of carbonyl (C=O) groups excluding carboxylic acids is 1. The molecular weight excluding hydrogens is 340 g/mol. The van der Waals surface area contributed by atoms with Gasteiger partial charge in [0.05, 0.1) is 24.2 Å². The summed E-state index contributed by atoms with van der Waals surface area (Å²) in [4.78, 5) is 14.2. The average Bonchev–Trinajstić information content (AvgIpc) is 3.24. The Morgan fingerprint density at radius 2 is 2.00 bits per heavy atom. The van der Waals surface area contributed by atoms with E-state index in [0.29, 0.717) is 11.3 Å². The van der Waals surface area contributed by atoms with Gasteiger partial charge in [-0.05, 0) is 49.2 Å². The predicted molar refractivity (Wildman–Crippen MR) is 92.1 cm³/mol. The molecule has 1 fully saturated rings. The van der Waals surface area contributed by atoms with Crippen LogP contribution in [0.4, 0.5) is 0 Å². The van der Waals surface area contributed by atoms with Gasteiger partial charge in [0, 0.05) is 11.6 Å². The van der Waals surface area contributed by atoms with Gasteiger partial charge in [-0.25, -0.2) is 13.1 Å². The van der Waals surface area contributed by atoms with Gasteiger partial charge in [0.25, 0.3) is 5.91 Å². The number of rotatable bonds is 7. The number of furan rings is 1. The summed E-state index contributed by atoms with van der Waals surface area (Å²) in [7, 11) is -3.53. The van der Waals surface area contributed by atoms with Crippen molar-refractivity contribution in [2.45, 2.75) is 30.3 Å². The molecule has 2 aromatic rings. The zero-order chi connectivity index (χ0) is 17.9. The van der Waals surface area contributed by atoms with E-state index in [1.807, 2.05) is 0 Å². The molecule has 0 spiro atoms. The Kier molecular flexibility index (Phi) is 4.93. The molecule has 25 heavy (non-hydrogen) atoms. The third kappa shape index (κ3) is 4.29. The smallest absolute Gasteiger partial charge is 0.255 e. The van der Waals surface area contributed by atoms with Gasteiger partial charge < -0.3 is 9.32 Å². The van der Waals surface area contributed by atoms with Gasteiger partial charge in [-0.3, -0.25) is 4.79 Å². The second-order valence-corrected chi connectivity index (χ2v) is 7.58. The highest BCUT2D eigenvalue weighted by atomic mass is 32.2. The number of terminal acetylenes is 1. The largest absolute Gasteiger partial charge is 0.467 e. The van der Waals surface area contributed by atoms with Gasteiger partial charge in [0.15, 0.2) is 0 Å². The number of benzene rings is 1. The first kappa shape index (κ1) is 17.3. The van der Waals surface area contributed by atoms with E-state index in [1.165, 1.54) is 35.4 Å². The van der Waals surface area contributed by atoms with Crippen LogP contribution in [0.15, 0.2) is 52.0 Å². The second kappa shape index (κ2) is 7.13. The minimum absolute atomic E-state index is 0.0331. The van der Waals surface area contributed by atoms with E-state index in [0.717, 1.165) is 12.8 Å². The fraction of sp³-hybridized carbons (Fsp3) is 0.278. The molecule has 1 aliphatic carbocycles. The van der Waals surface area contributed by atoms with Crippen LogP contribution >= 0.6 is 0 Å². The van der Waals surface area contributed by atoms with Crippen LogP contribution in [-0.2, 0) is 16.6 Å². The Morgan fingerprint density at radius 1 is 1.28 bits per heavy atom. The number of amides is 1. The van der Waals surface area contributed by atoms with Crippen molar-refractivity contribution in [2.24, 2.45) is 0 Å². The quantitative estimate of drug-likeness (QED) is 0.768. The maximum atomic E-state index is 12.6. The molecule has 1 aromatic heterocycles. The Labute approximate surface area is 146 Å². The Morgan fingerprint density at radius 3 is 2.56 bits per heavy atom. The average molecular weight is 358 g/mol. The molecule has 1 amide bonds. The highest BCUT2D eigenvalue weighted by molar-refractivity contribution is 7.89. The Hall–Kier alpha value is -2.56. The molecule has 1 aromatic carbocycles. The summed E-state index contributed by atoms with van der Waals surface area (Å²) < 4.78 is 32.2. The van der Waals surface area contributed by atoms with Crippen LogP contribution in [0.3, 0.4) is 0 Å². The van der Waals surface area contributed by atoms with Crippen molar-refractivity contribution >= 4 is 15.9 Å². The van der Waals surface area contributed by atoms with Gasteiger partial charge in [0.1, 0.15) is 5.76 Å². The molecule has 0 bridgehead atoms. The molecule has 1 N–H and O–H groups in total. The van der Waals surface area contributed by atoms with Crippen LogP contribution in [0, 0.1) is 12.3 Å². The van der Waals surface area contributed by atoms with Crippen molar-refractivity contribution in [1.29, 1.82) is 0 Å². The molecule has 7 heteroatoms. The second-order valence-electron chi connectivity index (χ2n) is 5.86. The first-order valence-corrected chi connectivity index (χ1v) is 9.35. The van der Waals surface area contributed by atoms with E-state index in [-0.39, 0.29) is 29.9 Å². The minimum Gasteiger partial charge on any atom is -0.467 e. The maximum absolute atomic E-state index is 12.6. The van der Waals surface area contributed by atoms with Gasteiger partial charge >= 0.3 is 0 Å². The normalized spacial score (nSPS) is 14.0. The number of carbonyl (C=O) groups is 1. The summed E-state index contributed by atoms with van der Waals surface area (Å²) in [6.07, 6.45) is 8.60. The molecule has 1 heterocycles. The summed E-state index contributed by atoms with van der Waals surface area (Å²) in [5.41, 5.74) is 0.368. The maximum Gasteiger partial charge on any atom is 0.255 e. The summed E-state index contributed by atoms with van der Waals surface area (Å²) >= 11 is 0. The lowest BCUT2D eigenvalue weighted by atomic mass is 10.2. The number of hydrogen-bond donors (Lipinski definition) is 1. The van der Waals surface area contributed by atoms with E-state index < -0.39 is 10.0 Å². The van der Waals surface area contributed by atoms with E-state index in [2.05, 4.69) is 10.6 Å². The van der Waals surface area contributed by atoms with Crippen LogP contribution in [0.1, 0.15) is 29.0 Å². The van der Waals surface area contributed by atoms with Gasteiger partial charge in [0.2, 0.25) is 10.0 Å². The van der Waals surface area contributed by atoms with Crippen molar-refractivity contribution in [2.75, 3.05) is 6.54 Å². The highest BCUT2D eigenvalue weighted by Gasteiger charge is 2.28. The SMILES string of the molecule is C#CCN(Cc1ccco1)C(=O)c1ccc(S(=O)(=O)NC2CC2)cc1. The van der Waals surface area contributed by atoms with Crippen molar-refractivity contribution in [1.82, 2.24) is 9.62 Å². The van der Waals surface area contributed by atoms with Gasteiger partial charge in [-0.1, -0.05) is 5.92 Å². The molecule has 3 rings (SSSR count). The fourth-order valence-corrected chi connectivity index (χ4v) is 3.65. The lowest BCUT2D eigenvalue weighted by molar-refractivity contribution is 0.0755. The summed E-state index contributed by atoms with van der Waals surface area (Å²) in [6.45, 7) is 0.377. The van der Waals surface area contributed by atoms with Crippen molar-refractivity contribution in [3.63, 3.8) is 0 Å². The minimum atomic E-state index is -3.53. The van der Waals surface area contributed by atoms with E-state index in [9.17, 15) is 13.2 Å². The van der Waals surface area contributed by atoms with Crippen molar-refractivity contribution in [3.05, 3.63) is 54.0 Å². The van der Waals surface area contributed by atoms with E-state index >= 15 is 0 Å². The predicted octanol–water partition coefficient (Wildman–Crippen LogP) is 2.00. The molecule has 130 valence electrons. The van der Waals surface area contributed by atoms with Crippen molar-refractivity contribution < 1.29 is 17.6 Å². The first-order chi connectivity index (χ1) is 12.0. The molecule has 0 saturated heterocycles. The zero-order valence-electron chi connectivity index (χ0n) is 13.5. The third-order valence-electron chi connectivity index (χ3n) is 3.81. The molecule has 0 aliphatic heterocycles. The van der Waals surface area contributed by atoms with E-state index in [1.54, 1.807) is 12.1 Å². The summed E-state index contributed by atoms with van der Waals surface area (Å²) in [5, 5.41) is 0. The molecule has 1 aliphatic rings. The van der Waals surface area contributed by atoms with Gasteiger partial charge in [-0.2, -0.15) is 0 Å². The van der Waals surface area contributed by atoms with Crippen LogP contribution in [0.5, 0.6) is 0 Å². The number of hydrogen-bond acceptors (Lipinski definition) is 4. The zero-order valence-corrected chi connectivity index (χ0v) is 14.3. The van der Waals surface area contributed by atoms with Crippen LogP contribution in [-0.4, -0.2) is 31.8 Å².